The normalized spacial score (nSPS) is 30.9. The highest BCUT2D eigenvalue weighted by Gasteiger charge is 2.45. The maximum Gasteiger partial charge on any atom is 0.336 e. The number of esters is 2. The predicted octanol–water partition coefficient (Wildman–Crippen LogP) is 1.16. The van der Waals surface area contributed by atoms with E-state index in [1.807, 2.05) is 13.0 Å². The molecule has 1 fully saturated rings. The van der Waals surface area contributed by atoms with Gasteiger partial charge in [-0.2, -0.15) is 0 Å². The van der Waals surface area contributed by atoms with Crippen LogP contribution in [0.1, 0.15) is 26.2 Å². The Kier molecular flexibility index (Phi) is 7.12. The summed E-state index contributed by atoms with van der Waals surface area (Å²) in [6.45, 7) is 8.31. The molecule has 4 atom stereocenters. The average molecular weight is 378 g/mol. The summed E-state index contributed by atoms with van der Waals surface area (Å²) < 4.78 is 10.7. The fourth-order valence-electron chi connectivity index (χ4n) is 3.30. The molecule has 27 heavy (non-hydrogen) atoms. The summed E-state index contributed by atoms with van der Waals surface area (Å²) >= 11 is 0. The van der Waals surface area contributed by atoms with Crippen molar-refractivity contribution in [2.24, 2.45) is 11.8 Å². The second kappa shape index (κ2) is 9.12. The van der Waals surface area contributed by atoms with Gasteiger partial charge in [-0.3, -0.25) is 4.79 Å². The Labute approximate surface area is 158 Å². The Balaban J connectivity index is 2.36. The van der Waals surface area contributed by atoms with Crippen LogP contribution in [0.4, 0.5) is 0 Å². The smallest absolute Gasteiger partial charge is 0.336 e. The van der Waals surface area contributed by atoms with E-state index in [9.17, 15) is 19.8 Å². The van der Waals surface area contributed by atoms with Gasteiger partial charge in [0, 0.05) is 6.42 Å². The lowest BCUT2D eigenvalue weighted by Gasteiger charge is -2.27. The minimum atomic E-state index is -1.42. The third kappa shape index (κ3) is 4.94. The number of ether oxygens (including phenoxy) is 2. The molecule has 0 aromatic heterocycles. The van der Waals surface area contributed by atoms with Crippen LogP contribution in [0.3, 0.4) is 0 Å². The number of aliphatic hydroxyl groups is 3. The molecule has 0 radical (unpaired) electrons. The second-order valence-electron chi connectivity index (χ2n) is 6.88. The number of cyclic esters (lactones) is 1. The molecule has 148 valence electrons. The summed E-state index contributed by atoms with van der Waals surface area (Å²) in [5.41, 5.74) is 1.38. The van der Waals surface area contributed by atoms with Gasteiger partial charge in [-0.25, -0.2) is 4.79 Å². The Morgan fingerprint density at radius 1 is 1.44 bits per heavy atom. The van der Waals surface area contributed by atoms with Crippen LogP contribution in [-0.2, 0) is 19.1 Å². The fourth-order valence-corrected chi connectivity index (χ4v) is 3.30. The highest BCUT2D eigenvalue weighted by atomic mass is 16.6. The van der Waals surface area contributed by atoms with Crippen LogP contribution >= 0.6 is 0 Å². The van der Waals surface area contributed by atoms with Crippen molar-refractivity contribution in [1.82, 2.24) is 0 Å². The van der Waals surface area contributed by atoms with Crippen LogP contribution in [0, 0.1) is 11.8 Å². The molecule has 3 N–H and O–H groups in total. The van der Waals surface area contributed by atoms with E-state index < -0.39 is 42.6 Å². The molecule has 1 aliphatic carbocycles. The molecule has 1 heterocycles. The highest BCUT2D eigenvalue weighted by Crippen LogP contribution is 2.39. The second-order valence-corrected chi connectivity index (χ2v) is 6.88. The van der Waals surface area contributed by atoms with Crippen LogP contribution < -0.4 is 0 Å². The first-order chi connectivity index (χ1) is 12.8. The Morgan fingerprint density at radius 2 is 2.15 bits per heavy atom. The molecule has 2 rings (SSSR count). The van der Waals surface area contributed by atoms with Gasteiger partial charge in [-0.1, -0.05) is 30.9 Å². The number of aliphatic hydroxyl groups excluding tert-OH is 3. The van der Waals surface area contributed by atoms with E-state index in [4.69, 9.17) is 14.6 Å². The van der Waals surface area contributed by atoms with E-state index in [-0.39, 0.29) is 17.9 Å². The lowest BCUT2D eigenvalue weighted by atomic mass is 9.83. The van der Waals surface area contributed by atoms with E-state index in [0.29, 0.717) is 24.8 Å². The van der Waals surface area contributed by atoms with Crippen molar-refractivity contribution < 1.29 is 34.4 Å². The predicted molar refractivity (Wildman–Crippen MR) is 97.1 cm³/mol. The monoisotopic (exact) mass is 378 g/mol. The minimum Gasteiger partial charge on any atom is -0.458 e. The van der Waals surface area contributed by atoms with Gasteiger partial charge in [0.15, 0.2) is 0 Å². The van der Waals surface area contributed by atoms with E-state index in [0.717, 1.165) is 5.57 Å². The zero-order valence-electron chi connectivity index (χ0n) is 15.4. The molecule has 0 aromatic carbocycles. The molecule has 1 unspecified atom stereocenters. The molecule has 7 nitrogen and oxygen atoms in total. The summed E-state index contributed by atoms with van der Waals surface area (Å²) in [5, 5.41) is 28.2. The zero-order valence-corrected chi connectivity index (χ0v) is 15.4. The first kappa shape index (κ1) is 21.1. The number of allylic oxidation sites excluding steroid dienone is 1. The van der Waals surface area contributed by atoms with E-state index in [1.165, 1.54) is 0 Å². The van der Waals surface area contributed by atoms with Gasteiger partial charge >= 0.3 is 11.9 Å². The van der Waals surface area contributed by atoms with Crippen LogP contribution in [0.25, 0.3) is 0 Å². The fraction of sp³-hybridized carbons (Fsp3) is 0.500. The maximum absolute atomic E-state index is 12.3. The van der Waals surface area contributed by atoms with Gasteiger partial charge in [-0.15, -0.1) is 0 Å². The molecule has 0 aromatic rings. The van der Waals surface area contributed by atoms with Gasteiger partial charge in [-0.05, 0) is 25.3 Å². The van der Waals surface area contributed by atoms with E-state index in [1.54, 1.807) is 6.08 Å². The number of carbonyl (C=O) groups is 2. The number of hydrogen-bond acceptors (Lipinski definition) is 7. The number of fused-ring (bicyclic) bond motifs is 1. The van der Waals surface area contributed by atoms with Crippen LogP contribution in [0.5, 0.6) is 0 Å². The number of rotatable bonds is 5. The molecule has 1 saturated heterocycles. The summed E-state index contributed by atoms with van der Waals surface area (Å²) in [4.78, 5) is 24.6. The first-order valence-electron chi connectivity index (χ1n) is 8.83. The van der Waals surface area contributed by atoms with Gasteiger partial charge < -0.3 is 24.8 Å². The molecule has 0 amide bonds. The van der Waals surface area contributed by atoms with Crippen molar-refractivity contribution in [3.63, 3.8) is 0 Å². The summed E-state index contributed by atoms with van der Waals surface area (Å²) in [6.07, 6.45) is 3.11. The lowest BCUT2D eigenvalue weighted by Crippen LogP contribution is -2.34. The van der Waals surface area contributed by atoms with Gasteiger partial charge in [0.05, 0.1) is 30.6 Å². The molecule has 0 saturated carbocycles. The molecule has 0 bridgehead atoms. The summed E-state index contributed by atoms with van der Waals surface area (Å²) in [5.74, 6) is -2.52. The number of carbonyl (C=O) groups excluding carboxylic acids is 2. The Bertz CT molecular complexity index is 688. The van der Waals surface area contributed by atoms with E-state index >= 15 is 0 Å². The zero-order chi connectivity index (χ0) is 20.1. The molecule has 0 spiro atoms. The number of hydrogen-bond donors (Lipinski definition) is 3. The maximum atomic E-state index is 12.3. The Hall–Kier alpha value is -2.22. The van der Waals surface area contributed by atoms with Crippen molar-refractivity contribution in [3.05, 3.63) is 47.8 Å². The average Bonchev–Trinajstić information content (AvgIpc) is 2.91. The topological polar surface area (TPSA) is 113 Å². The quantitative estimate of drug-likeness (QED) is 0.374. The molecule has 1 aliphatic heterocycles. The molecular weight excluding hydrogens is 352 g/mol. The van der Waals surface area contributed by atoms with Crippen LogP contribution in [-0.4, -0.2) is 52.7 Å². The summed E-state index contributed by atoms with van der Waals surface area (Å²) in [7, 11) is 0. The third-order valence-corrected chi connectivity index (χ3v) is 4.86. The van der Waals surface area contributed by atoms with Crippen molar-refractivity contribution in [1.29, 1.82) is 0 Å². The molecule has 7 heteroatoms. The van der Waals surface area contributed by atoms with Crippen molar-refractivity contribution in [2.75, 3.05) is 13.2 Å². The van der Waals surface area contributed by atoms with Gasteiger partial charge in [0.2, 0.25) is 0 Å². The molecular formula is C20H26O7. The largest absolute Gasteiger partial charge is 0.458 e. The van der Waals surface area contributed by atoms with Crippen LogP contribution in [0.15, 0.2) is 47.8 Å². The first-order valence-corrected chi connectivity index (χ1v) is 8.83. The lowest BCUT2D eigenvalue weighted by molar-refractivity contribution is -0.148. The van der Waals surface area contributed by atoms with Crippen LogP contribution in [0.2, 0.25) is 0 Å². The van der Waals surface area contributed by atoms with E-state index in [2.05, 4.69) is 13.2 Å². The minimum absolute atomic E-state index is 0.181. The van der Waals surface area contributed by atoms with Gasteiger partial charge in [0.25, 0.3) is 0 Å². The standard InChI is InChI=1S/C20H26O7/c1-11-5-4-6-14(9-21)8-15-18(13(3)26-20(15)25)17(7-11)27-19(24)12(2)16(23)10-22/h5,8,15-18,21-23H,2-4,6-7,9-10H2,1H3/b11-5+,14-8-/t15-,16?,17+,18+/m1/s1. The molecule has 2 aliphatic rings. The third-order valence-electron chi connectivity index (χ3n) is 4.86. The van der Waals surface area contributed by atoms with Gasteiger partial charge in [0.1, 0.15) is 18.0 Å². The Morgan fingerprint density at radius 3 is 2.78 bits per heavy atom. The van der Waals surface area contributed by atoms with Crippen molar-refractivity contribution in [2.45, 2.75) is 38.4 Å². The van der Waals surface area contributed by atoms with Crippen molar-refractivity contribution >= 4 is 11.9 Å². The van der Waals surface area contributed by atoms with Crippen molar-refractivity contribution in [3.8, 4) is 0 Å². The summed E-state index contributed by atoms with van der Waals surface area (Å²) in [6, 6.07) is 0. The highest BCUT2D eigenvalue weighted by molar-refractivity contribution is 5.89. The SMILES string of the molecule is C=C(C(=O)O[C@H]1C/C(C)=C/CC/C(CO)=C/[C@H]2C(=O)OC(=C)[C@H]12)C(O)CO.